The summed E-state index contributed by atoms with van der Waals surface area (Å²) in [5, 5.41) is 12.8. The van der Waals surface area contributed by atoms with Gasteiger partial charge in [0.15, 0.2) is 0 Å². The third kappa shape index (κ3) is 3.21. The average Bonchev–Trinajstić information content (AvgIpc) is 2.96. The summed E-state index contributed by atoms with van der Waals surface area (Å²) in [5.41, 5.74) is 2.22. The Morgan fingerprint density at radius 1 is 1.32 bits per heavy atom. The summed E-state index contributed by atoms with van der Waals surface area (Å²) < 4.78 is 5.26. The van der Waals surface area contributed by atoms with Crippen molar-refractivity contribution in [3.8, 4) is 11.8 Å². The van der Waals surface area contributed by atoms with E-state index in [1.807, 2.05) is 19.1 Å². The van der Waals surface area contributed by atoms with Crippen molar-refractivity contribution in [1.82, 2.24) is 0 Å². The summed E-state index contributed by atoms with van der Waals surface area (Å²) in [4.78, 5) is 27.3. The Kier molecular flexibility index (Phi) is 5.39. The number of benzene rings is 2. The maximum absolute atomic E-state index is 12.9. The number of carbonyl (C=O) groups is 2. The molecule has 3 rings (SSSR count). The molecule has 0 spiro atoms. The van der Waals surface area contributed by atoms with E-state index >= 15 is 0 Å². The fraction of sp³-hybridized carbons (Fsp3) is 0.190. The van der Waals surface area contributed by atoms with Gasteiger partial charge in [-0.2, -0.15) is 5.26 Å². The van der Waals surface area contributed by atoms with Gasteiger partial charge >= 0.3 is 0 Å². The lowest BCUT2D eigenvalue weighted by Gasteiger charge is -2.14. The van der Waals surface area contributed by atoms with Gasteiger partial charge in [-0.3, -0.25) is 9.59 Å². The van der Waals surface area contributed by atoms with Gasteiger partial charge < -0.3 is 15.0 Å². The summed E-state index contributed by atoms with van der Waals surface area (Å²) in [5.74, 6) is -0.687. The predicted octanol–water partition coefficient (Wildman–Crippen LogP) is 3.94. The first-order chi connectivity index (χ1) is 13.4. The van der Waals surface area contributed by atoms with Crippen molar-refractivity contribution in [3.05, 3.63) is 58.1 Å². The number of methoxy groups -OCH3 is 1. The van der Waals surface area contributed by atoms with Crippen LogP contribution in [-0.4, -0.2) is 25.5 Å². The molecule has 0 radical (unpaired) electrons. The number of likely N-dealkylation sites (N-methyl/N-ethyl adjacent to an activating group) is 1. The van der Waals surface area contributed by atoms with E-state index in [2.05, 4.69) is 5.32 Å². The Balaban J connectivity index is 2.08. The number of amides is 2. The van der Waals surface area contributed by atoms with E-state index in [-0.39, 0.29) is 17.1 Å². The van der Waals surface area contributed by atoms with Crippen LogP contribution in [0.25, 0.3) is 5.57 Å². The van der Waals surface area contributed by atoms with Gasteiger partial charge in [0.05, 0.1) is 24.1 Å². The molecule has 6 nitrogen and oxygen atoms in total. The molecule has 0 fully saturated rings. The summed E-state index contributed by atoms with van der Waals surface area (Å²) in [7, 11) is 1.45. The van der Waals surface area contributed by atoms with Gasteiger partial charge in [0.25, 0.3) is 11.8 Å². The Morgan fingerprint density at radius 3 is 2.68 bits per heavy atom. The molecule has 2 aromatic rings. The number of aryl methyl sites for hydroxylation is 1. The molecule has 0 saturated heterocycles. The zero-order chi connectivity index (χ0) is 20.4. The second-order valence-electron chi connectivity index (χ2n) is 6.18. The molecular formula is C21H18ClN3O3. The Morgan fingerprint density at radius 2 is 2.04 bits per heavy atom. The molecule has 28 heavy (non-hydrogen) atoms. The number of anilines is 2. The Bertz CT molecular complexity index is 1050. The maximum Gasteiger partial charge on any atom is 0.267 e. The summed E-state index contributed by atoms with van der Waals surface area (Å²) in [6, 6.07) is 12.2. The minimum Gasteiger partial charge on any atom is -0.495 e. The van der Waals surface area contributed by atoms with Crippen LogP contribution in [0, 0.1) is 18.3 Å². The molecular weight excluding hydrogens is 378 g/mol. The van der Waals surface area contributed by atoms with Crippen molar-refractivity contribution >= 4 is 40.4 Å². The number of fused-ring (bicyclic) bond motifs is 1. The zero-order valence-electron chi connectivity index (χ0n) is 15.7. The minimum absolute atomic E-state index is 0.0992. The lowest BCUT2D eigenvalue weighted by Crippen LogP contribution is -2.27. The molecule has 142 valence electrons. The van der Waals surface area contributed by atoms with E-state index < -0.39 is 5.91 Å². The van der Waals surface area contributed by atoms with E-state index in [9.17, 15) is 14.9 Å². The molecule has 0 unspecified atom stereocenters. The lowest BCUT2D eigenvalue weighted by molar-refractivity contribution is -0.114. The van der Waals surface area contributed by atoms with Crippen LogP contribution in [-0.2, 0) is 9.59 Å². The second-order valence-corrected chi connectivity index (χ2v) is 6.59. The van der Waals surface area contributed by atoms with Gasteiger partial charge in [-0.1, -0.05) is 29.8 Å². The van der Waals surface area contributed by atoms with Crippen LogP contribution in [0.15, 0.2) is 42.0 Å². The highest BCUT2D eigenvalue weighted by molar-refractivity contribution is 6.38. The van der Waals surface area contributed by atoms with Crippen LogP contribution < -0.4 is 15.0 Å². The van der Waals surface area contributed by atoms with Gasteiger partial charge in [-0.25, -0.2) is 0 Å². The molecule has 0 bridgehead atoms. The van der Waals surface area contributed by atoms with Gasteiger partial charge in [0.2, 0.25) is 0 Å². The standard InChI is InChI=1S/C21H18ClN3O3/c1-4-25-17-8-6-5-7-13(17)19(21(25)27)14(11-23)20(26)24-16-9-12(2)15(22)10-18(16)28-3/h5-10H,4H2,1-3H3,(H,24,26)/b19-14+. The van der Waals surface area contributed by atoms with Gasteiger partial charge in [-0.15, -0.1) is 0 Å². The SMILES string of the molecule is CCN1C(=O)/C(=C(\C#N)C(=O)Nc2cc(C)c(Cl)cc2OC)c2ccccc21. The Labute approximate surface area is 168 Å². The summed E-state index contributed by atoms with van der Waals surface area (Å²) in [6.45, 7) is 4.06. The van der Waals surface area contributed by atoms with Gasteiger partial charge in [-0.05, 0) is 31.5 Å². The van der Waals surface area contributed by atoms with Crippen LogP contribution in [0.1, 0.15) is 18.1 Å². The van der Waals surface area contributed by atoms with Crippen LogP contribution in [0.3, 0.4) is 0 Å². The number of nitrogens with zero attached hydrogens (tertiary/aromatic N) is 2. The number of hydrogen-bond donors (Lipinski definition) is 1. The number of nitrogens with one attached hydrogen (secondary N) is 1. The summed E-state index contributed by atoms with van der Waals surface area (Å²) >= 11 is 6.10. The first-order valence-corrected chi connectivity index (χ1v) is 9.01. The molecule has 7 heteroatoms. The number of para-hydroxylation sites is 1. The fourth-order valence-electron chi connectivity index (χ4n) is 3.17. The van der Waals surface area contributed by atoms with Crippen molar-refractivity contribution in [1.29, 1.82) is 5.26 Å². The fourth-order valence-corrected chi connectivity index (χ4v) is 3.32. The van der Waals surface area contributed by atoms with Crippen LogP contribution >= 0.6 is 11.6 Å². The largest absolute Gasteiger partial charge is 0.495 e. The van der Waals surface area contributed by atoms with E-state index in [1.54, 1.807) is 42.2 Å². The van der Waals surface area contributed by atoms with Crippen molar-refractivity contribution in [3.63, 3.8) is 0 Å². The first kappa shape index (κ1) is 19.5. The zero-order valence-corrected chi connectivity index (χ0v) is 16.4. The molecule has 2 aromatic carbocycles. The molecule has 0 aromatic heterocycles. The smallest absolute Gasteiger partial charge is 0.267 e. The van der Waals surface area contributed by atoms with E-state index in [0.717, 1.165) is 5.56 Å². The average molecular weight is 396 g/mol. The van der Waals surface area contributed by atoms with E-state index in [4.69, 9.17) is 16.3 Å². The van der Waals surface area contributed by atoms with Crippen LogP contribution in [0.4, 0.5) is 11.4 Å². The van der Waals surface area contributed by atoms with E-state index in [0.29, 0.717) is 34.3 Å². The highest BCUT2D eigenvalue weighted by atomic mass is 35.5. The number of nitriles is 1. The third-order valence-electron chi connectivity index (χ3n) is 4.56. The first-order valence-electron chi connectivity index (χ1n) is 8.64. The molecule has 2 amide bonds. The van der Waals surface area contributed by atoms with Crippen LogP contribution in [0.5, 0.6) is 5.75 Å². The third-order valence-corrected chi connectivity index (χ3v) is 4.96. The predicted molar refractivity (Wildman–Crippen MR) is 108 cm³/mol. The monoisotopic (exact) mass is 395 g/mol. The molecule has 1 aliphatic rings. The van der Waals surface area contributed by atoms with Crippen molar-refractivity contribution in [2.75, 3.05) is 23.9 Å². The number of hydrogen-bond acceptors (Lipinski definition) is 4. The highest BCUT2D eigenvalue weighted by Crippen LogP contribution is 2.38. The normalized spacial score (nSPS) is 14.4. The van der Waals surface area contributed by atoms with E-state index in [1.165, 1.54) is 7.11 Å². The quantitative estimate of drug-likeness (QED) is 0.627. The van der Waals surface area contributed by atoms with Crippen LogP contribution in [0.2, 0.25) is 5.02 Å². The topological polar surface area (TPSA) is 82.4 Å². The number of halogens is 1. The Hall–Kier alpha value is -3.30. The molecule has 0 aliphatic carbocycles. The van der Waals surface area contributed by atoms with Gasteiger partial charge in [0, 0.05) is 23.2 Å². The number of rotatable bonds is 4. The molecule has 1 N–H and O–H groups in total. The molecule has 1 heterocycles. The number of carbonyl (C=O) groups excluding carboxylic acids is 2. The minimum atomic E-state index is -0.682. The second kappa shape index (κ2) is 7.75. The van der Waals surface area contributed by atoms with Crippen molar-refractivity contribution in [2.45, 2.75) is 13.8 Å². The molecule has 0 saturated carbocycles. The van der Waals surface area contributed by atoms with Crippen molar-refractivity contribution in [2.24, 2.45) is 0 Å². The van der Waals surface area contributed by atoms with Crippen molar-refractivity contribution < 1.29 is 14.3 Å². The molecule has 0 atom stereocenters. The highest BCUT2D eigenvalue weighted by Gasteiger charge is 2.35. The number of ether oxygens (including phenoxy) is 1. The van der Waals surface area contributed by atoms with Gasteiger partial charge in [0.1, 0.15) is 17.4 Å². The summed E-state index contributed by atoms with van der Waals surface area (Å²) in [6.07, 6.45) is 0. The molecule has 1 aliphatic heterocycles. The maximum atomic E-state index is 12.9. The lowest BCUT2D eigenvalue weighted by atomic mass is 10.0.